The van der Waals surface area contributed by atoms with Gasteiger partial charge in [0.1, 0.15) is 0 Å². The standard InChI is InChI=1S/C16H33N5.HI/c1-5-7-8-10-19(4)16(17-3)18-9-11-21-14-12-20(6-2)13-15-21;/h5H,1,6-15H2,2-4H3,(H,17,18);1H. The Bertz CT molecular complexity index is 314. The van der Waals surface area contributed by atoms with Crippen LogP contribution in [-0.4, -0.2) is 87.1 Å². The van der Waals surface area contributed by atoms with Gasteiger partial charge in [0.15, 0.2) is 5.96 Å². The predicted octanol–water partition coefficient (Wildman–Crippen LogP) is 1.72. The summed E-state index contributed by atoms with van der Waals surface area (Å²) in [6.07, 6.45) is 4.16. The fourth-order valence-electron chi connectivity index (χ4n) is 2.62. The second-order valence-electron chi connectivity index (χ2n) is 5.60. The number of rotatable bonds is 8. The highest BCUT2D eigenvalue weighted by atomic mass is 127. The molecule has 0 aromatic heterocycles. The Balaban J connectivity index is 0.00000441. The number of unbranched alkanes of at least 4 members (excludes halogenated alkanes) is 1. The molecule has 22 heavy (non-hydrogen) atoms. The second kappa shape index (κ2) is 13.1. The molecule has 0 bridgehead atoms. The Morgan fingerprint density at radius 3 is 2.45 bits per heavy atom. The number of hydrogen-bond donors (Lipinski definition) is 1. The predicted molar refractivity (Wildman–Crippen MR) is 107 cm³/mol. The van der Waals surface area contributed by atoms with E-state index in [1.807, 2.05) is 13.1 Å². The summed E-state index contributed by atoms with van der Waals surface area (Å²) in [7, 11) is 3.95. The van der Waals surface area contributed by atoms with Crippen molar-refractivity contribution in [1.82, 2.24) is 20.0 Å². The molecule has 130 valence electrons. The summed E-state index contributed by atoms with van der Waals surface area (Å²) < 4.78 is 0. The Labute approximate surface area is 153 Å². The van der Waals surface area contributed by atoms with Crippen LogP contribution in [0.5, 0.6) is 0 Å². The minimum absolute atomic E-state index is 0. The van der Waals surface area contributed by atoms with Gasteiger partial charge in [-0.05, 0) is 19.4 Å². The number of nitrogens with zero attached hydrogens (tertiary/aromatic N) is 4. The van der Waals surface area contributed by atoms with Crippen LogP contribution in [0.2, 0.25) is 0 Å². The van der Waals surface area contributed by atoms with Crippen LogP contribution in [-0.2, 0) is 0 Å². The maximum atomic E-state index is 4.35. The lowest BCUT2D eigenvalue weighted by atomic mass is 10.3. The number of likely N-dealkylation sites (N-methyl/N-ethyl adjacent to an activating group) is 1. The lowest BCUT2D eigenvalue weighted by Crippen LogP contribution is -2.49. The zero-order valence-corrected chi connectivity index (χ0v) is 16.9. The third kappa shape index (κ3) is 8.33. The van der Waals surface area contributed by atoms with E-state index < -0.39 is 0 Å². The molecule has 0 aromatic carbocycles. The fourth-order valence-corrected chi connectivity index (χ4v) is 2.62. The third-order valence-corrected chi connectivity index (χ3v) is 4.10. The first-order valence-corrected chi connectivity index (χ1v) is 8.18. The van der Waals surface area contributed by atoms with Crippen molar-refractivity contribution in [1.29, 1.82) is 0 Å². The molecular formula is C16H34IN5. The average molecular weight is 423 g/mol. The second-order valence-corrected chi connectivity index (χ2v) is 5.60. The van der Waals surface area contributed by atoms with Crippen LogP contribution in [0.3, 0.4) is 0 Å². The van der Waals surface area contributed by atoms with Crippen molar-refractivity contribution in [3.8, 4) is 0 Å². The third-order valence-electron chi connectivity index (χ3n) is 4.10. The molecule has 0 aromatic rings. The van der Waals surface area contributed by atoms with Gasteiger partial charge in [0.05, 0.1) is 0 Å². The summed E-state index contributed by atoms with van der Waals surface area (Å²) >= 11 is 0. The Morgan fingerprint density at radius 2 is 1.91 bits per heavy atom. The van der Waals surface area contributed by atoms with Crippen LogP contribution in [0.25, 0.3) is 0 Å². The number of allylic oxidation sites excluding steroid dienone is 1. The smallest absolute Gasteiger partial charge is 0.193 e. The number of halogens is 1. The number of nitrogens with one attached hydrogen (secondary N) is 1. The van der Waals surface area contributed by atoms with Crippen molar-refractivity contribution >= 4 is 29.9 Å². The van der Waals surface area contributed by atoms with Crippen molar-refractivity contribution in [2.24, 2.45) is 4.99 Å². The van der Waals surface area contributed by atoms with Gasteiger partial charge in [0, 0.05) is 59.9 Å². The molecule has 0 saturated carbocycles. The van der Waals surface area contributed by atoms with E-state index in [1.54, 1.807) is 0 Å². The molecule has 1 heterocycles. The van der Waals surface area contributed by atoms with E-state index >= 15 is 0 Å². The lowest BCUT2D eigenvalue weighted by molar-refractivity contribution is 0.139. The van der Waals surface area contributed by atoms with Gasteiger partial charge in [-0.2, -0.15) is 0 Å². The number of aliphatic imine (C=N–C) groups is 1. The van der Waals surface area contributed by atoms with E-state index in [0.29, 0.717) is 0 Å². The highest BCUT2D eigenvalue weighted by Crippen LogP contribution is 2.00. The molecule has 0 amide bonds. The number of hydrogen-bond acceptors (Lipinski definition) is 3. The summed E-state index contributed by atoms with van der Waals surface area (Å²) in [6, 6.07) is 0. The topological polar surface area (TPSA) is 34.1 Å². The zero-order valence-electron chi connectivity index (χ0n) is 14.6. The van der Waals surface area contributed by atoms with E-state index in [-0.39, 0.29) is 24.0 Å². The first-order valence-electron chi connectivity index (χ1n) is 8.18. The molecule has 0 aliphatic carbocycles. The molecule has 1 aliphatic heterocycles. The molecule has 0 atom stereocenters. The van der Waals surface area contributed by atoms with E-state index in [4.69, 9.17) is 0 Å². The average Bonchev–Trinajstić information content (AvgIpc) is 2.52. The maximum absolute atomic E-state index is 4.35. The fraction of sp³-hybridized carbons (Fsp3) is 0.812. The number of guanidine groups is 1. The Kier molecular flexibility index (Phi) is 12.9. The number of piperazine rings is 1. The zero-order chi connectivity index (χ0) is 15.5. The van der Waals surface area contributed by atoms with Gasteiger partial charge in [0.2, 0.25) is 0 Å². The van der Waals surface area contributed by atoms with Crippen LogP contribution in [0, 0.1) is 0 Å². The van der Waals surface area contributed by atoms with Crippen molar-refractivity contribution in [3.05, 3.63) is 12.7 Å². The molecule has 0 spiro atoms. The monoisotopic (exact) mass is 423 g/mol. The van der Waals surface area contributed by atoms with Crippen LogP contribution in [0.15, 0.2) is 17.6 Å². The minimum atomic E-state index is 0. The van der Waals surface area contributed by atoms with E-state index in [9.17, 15) is 0 Å². The van der Waals surface area contributed by atoms with Crippen LogP contribution in [0.1, 0.15) is 19.8 Å². The van der Waals surface area contributed by atoms with Gasteiger partial charge in [0.25, 0.3) is 0 Å². The largest absolute Gasteiger partial charge is 0.355 e. The van der Waals surface area contributed by atoms with E-state index in [2.05, 4.69) is 45.6 Å². The van der Waals surface area contributed by atoms with Gasteiger partial charge in [-0.15, -0.1) is 30.6 Å². The molecular weight excluding hydrogens is 389 g/mol. The first kappa shape index (κ1) is 21.7. The molecule has 1 aliphatic rings. The van der Waals surface area contributed by atoms with Crippen molar-refractivity contribution in [2.45, 2.75) is 19.8 Å². The molecule has 1 N–H and O–H groups in total. The van der Waals surface area contributed by atoms with Gasteiger partial charge < -0.3 is 15.1 Å². The summed E-state index contributed by atoms with van der Waals surface area (Å²) in [5.41, 5.74) is 0. The van der Waals surface area contributed by atoms with E-state index in [1.165, 1.54) is 32.7 Å². The quantitative estimate of drug-likeness (QED) is 0.212. The molecule has 0 unspecified atom stereocenters. The highest BCUT2D eigenvalue weighted by molar-refractivity contribution is 14.0. The normalized spacial score (nSPS) is 17.0. The molecule has 6 heteroatoms. The van der Waals surface area contributed by atoms with Crippen LogP contribution >= 0.6 is 24.0 Å². The molecule has 5 nitrogen and oxygen atoms in total. The molecule has 1 rings (SSSR count). The Hall–Kier alpha value is -0.340. The highest BCUT2D eigenvalue weighted by Gasteiger charge is 2.15. The van der Waals surface area contributed by atoms with Crippen LogP contribution < -0.4 is 5.32 Å². The van der Waals surface area contributed by atoms with Gasteiger partial charge in [-0.1, -0.05) is 13.0 Å². The van der Waals surface area contributed by atoms with Gasteiger partial charge >= 0.3 is 0 Å². The summed E-state index contributed by atoms with van der Waals surface area (Å²) in [5.74, 6) is 0.992. The SMILES string of the molecule is C=CCCCN(C)C(=NC)NCCN1CCN(CC)CC1.I. The lowest BCUT2D eigenvalue weighted by Gasteiger charge is -2.34. The van der Waals surface area contributed by atoms with Gasteiger partial charge in [-0.3, -0.25) is 9.89 Å². The van der Waals surface area contributed by atoms with Crippen molar-refractivity contribution in [2.75, 3.05) is 66.5 Å². The molecule has 1 saturated heterocycles. The van der Waals surface area contributed by atoms with Gasteiger partial charge in [-0.25, -0.2) is 0 Å². The summed E-state index contributed by atoms with van der Waals surface area (Å²) in [6.45, 7) is 15.0. The molecule has 0 radical (unpaired) electrons. The summed E-state index contributed by atoms with van der Waals surface area (Å²) in [4.78, 5) is 11.6. The van der Waals surface area contributed by atoms with E-state index in [0.717, 1.165) is 38.4 Å². The van der Waals surface area contributed by atoms with Crippen LogP contribution in [0.4, 0.5) is 0 Å². The van der Waals surface area contributed by atoms with Crippen molar-refractivity contribution in [3.63, 3.8) is 0 Å². The maximum Gasteiger partial charge on any atom is 0.193 e. The first-order chi connectivity index (χ1) is 10.2. The summed E-state index contributed by atoms with van der Waals surface area (Å²) in [5, 5.41) is 3.46. The Morgan fingerprint density at radius 1 is 1.27 bits per heavy atom. The molecule has 1 fully saturated rings. The van der Waals surface area contributed by atoms with Crippen molar-refractivity contribution < 1.29 is 0 Å². The minimum Gasteiger partial charge on any atom is -0.355 e.